The van der Waals surface area contributed by atoms with E-state index in [0.29, 0.717) is 11.3 Å². The zero-order valence-electron chi connectivity index (χ0n) is 17.7. The molecule has 0 bridgehead atoms. The third-order valence-corrected chi connectivity index (χ3v) is 5.48. The Kier molecular flexibility index (Phi) is 7.68. The van der Waals surface area contributed by atoms with Gasteiger partial charge < -0.3 is 25.2 Å². The molecule has 7 nitrogen and oxygen atoms in total. The number of para-hydroxylation sites is 1. The predicted molar refractivity (Wildman–Crippen MR) is 118 cm³/mol. The normalized spacial score (nSPS) is 14.3. The zero-order chi connectivity index (χ0) is 21.3. The van der Waals surface area contributed by atoms with Crippen LogP contribution in [0.15, 0.2) is 48.5 Å². The van der Waals surface area contributed by atoms with Gasteiger partial charge in [0.1, 0.15) is 5.75 Å². The van der Waals surface area contributed by atoms with Gasteiger partial charge in [-0.1, -0.05) is 12.1 Å². The van der Waals surface area contributed by atoms with E-state index in [1.54, 1.807) is 29.2 Å². The third-order valence-electron chi connectivity index (χ3n) is 5.48. The number of piperazine rings is 1. The van der Waals surface area contributed by atoms with E-state index in [1.807, 2.05) is 12.1 Å². The van der Waals surface area contributed by atoms with Crippen LogP contribution in [-0.2, 0) is 4.79 Å². The topological polar surface area (TPSA) is 75.1 Å². The molecule has 160 valence electrons. The number of carbonyl (C=O) groups is 2. The summed E-state index contributed by atoms with van der Waals surface area (Å²) < 4.78 is 5.19. The molecule has 0 spiro atoms. The van der Waals surface area contributed by atoms with Crippen LogP contribution in [0, 0.1) is 0 Å². The van der Waals surface area contributed by atoms with Crippen LogP contribution in [0.25, 0.3) is 0 Å². The van der Waals surface area contributed by atoms with Crippen molar-refractivity contribution in [1.29, 1.82) is 0 Å². The van der Waals surface area contributed by atoms with Crippen molar-refractivity contribution >= 4 is 23.2 Å². The number of likely N-dealkylation sites (N-methyl/N-ethyl adjacent to an activating group) is 1. The number of rotatable bonds is 8. The number of benzene rings is 2. The van der Waals surface area contributed by atoms with E-state index < -0.39 is 0 Å². The maximum Gasteiger partial charge on any atom is 0.255 e. The smallest absolute Gasteiger partial charge is 0.255 e. The minimum Gasteiger partial charge on any atom is -0.496 e. The lowest BCUT2D eigenvalue weighted by atomic mass is 10.2. The molecule has 0 atom stereocenters. The molecular weight excluding hydrogens is 380 g/mol. The van der Waals surface area contributed by atoms with Gasteiger partial charge in [0.25, 0.3) is 5.91 Å². The van der Waals surface area contributed by atoms with E-state index in [-0.39, 0.29) is 24.8 Å². The molecule has 3 rings (SSSR count). The number of carbonyl (C=O) groups excluding carboxylic acids is 2. The number of hydrogen-bond acceptors (Lipinski definition) is 4. The van der Waals surface area contributed by atoms with Gasteiger partial charge in [0.2, 0.25) is 5.91 Å². The molecule has 1 heterocycles. The number of amides is 2. The molecular formula is C23H31N4O3+. The molecule has 1 fully saturated rings. The van der Waals surface area contributed by atoms with Crippen molar-refractivity contribution in [3.05, 3.63) is 54.1 Å². The van der Waals surface area contributed by atoms with E-state index in [9.17, 15) is 9.59 Å². The Hall–Kier alpha value is -3.06. The first-order valence-electron chi connectivity index (χ1n) is 10.5. The third kappa shape index (κ3) is 5.73. The average molecular weight is 412 g/mol. The molecule has 3 N–H and O–H groups in total. The molecule has 0 aliphatic carbocycles. The molecule has 1 aliphatic heterocycles. The number of ether oxygens (including phenoxy) is 1. The summed E-state index contributed by atoms with van der Waals surface area (Å²) in [5.74, 6) is 0.120. The van der Waals surface area contributed by atoms with Crippen molar-refractivity contribution in [3.8, 4) is 5.75 Å². The summed E-state index contributed by atoms with van der Waals surface area (Å²) in [7, 11) is 1.52. The summed E-state index contributed by atoms with van der Waals surface area (Å²) in [6, 6.07) is 15.0. The van der Waals surface area contributed by atoms with Crippen LogP contribution in [0.1, 0.15) is 23.7 Å². The molecule has 0 unspecified atom stereocenters. The number of quaternary nitrogens is 1. The SMILES string of the molecule is CC[NH+]1CCN(c2ccc(NC(=O)CCNC(=O)c3ccccc3OC)cc2)CC1. The largest absolute Gasteiger partial charge is 0.496 e. The van der Waals surface area contributed by atoms with Gasteiger partial charge in [-0.25, -0.2) is 0 Å². The van der Waals surface area contributed by atoms with Crippen LogP contribution in [0.5, 0.6) is 5.75 Å². The second-order valence-electron chi connectivity index (χ2n) is 7.39. The summed E-state index contributed by atoms with van der Waals surface area (Å²) in [5, 5.41) is 5.65. The van der Waals surface area contributed by atoms with Crippen molar-refractivity contribution in [2.45, 2.75) is 13.3 Å². The highest BCUT2D eigenvalue weighted by atomic mass is 16.5. The van der Waals surface area contributed by atoms with Crippen molar-refractivity contribution in [3.63, 3.8) is 0 Å². The van der Waals surface area contributed by atoms with E-state index in [4.69, 9.17) is 4.74 Å². The first-order valence-corrected chi connectivity index (χ1v) is 10.5. The van der Waals surface area contributed by atoms with Gasteiger partial charge in [-0.15, -0.1) is 0 Å². The molecule has 0 aromatic heterocycles. The van der Waals surface area contributed by atoms with E-state index in [0.717, 1.165) is 31.9 Å². The van der Waals surface area contributed by atoms with Crippen LogP contribution in [0.2, 0.25) is 0 Å². The lowest BCUT2D eigenvalue weighted by Crippen LogP contribution is -3.14. The first-order chi connectivity index (χ1) is 14.6. The van der Waals surface area contributed by atoms with Crippen LogP contribution >= 0.6 is 0 Å². The fourth-order valence-corrected chi connectivity index (χ4v) is 3.63. The van der Waals surface area contributed by atoms with Crippen molar-refractivity contribution in [1.82, 2.24) is 5.32 Å². The highest BCUT2D eigenvalue weighted by Gasteiger charge is 2.18. The fraction of sp³-hybridized carbons (Fsp3) is 0.391. The highest BCUT2D eigenvalue weighted by Crippen LogP contribution is 2.18. The first kappa shape index (κ1) is 21.6. The van der Waals surface area contributed by atoms with Crippen LogP contribution in [0.4, 0.5) is 11.4 Å². The van der Waals surface area contributed by atoms with Gasteiger partial charge in [-0.05, 0) is 43.3 Å². The Morgan fingerprint density at radius 1 is 1.07 bits per heavy atom. The monoisotopic (exact) mass is 411 g/mol. The lowest BCUT2D eigenvalue weighted by Gasteiger charge is -2.33. The minimum atomic E-state index is -0.255. The van der Waals surface area contributed by atoms with E-state index >= 15 is 0 Å². The number of nitrogens with one attached hydrogen (secondary N) is 3. The molecule has 0 radical (unpaired) electrons. The lowest BCUT2D eigenvalue weighted by molar-refractivity contribution is -0.898. The zero-order valence-corrected chi connectivity index (χ0v) is 17.7. The van der Waals surface area contributed by atoms with Gasteiger partial charge in [0, 0.05) is 24.3 Å². The molecule has 0 saturated carbocycles. The van der Waals surface area contributed by atoms with Crippen molar-refractivity contribution in [2.24, 2.45) is 0 Å². The Labute approximate surface area is 178 Å². The van der Waals surface area contributed by atoms with Gasteiger partial charge in [0.05, 0.1) is 45.4 Å². The van der Waals surface area contributed by atoms with Crippen LogP contribution < -0.4 is 25.2 Å². The molecule has 1 aliphatic rings. The Morgan fingerprint density at radius 2 is 1.77 bits per heavy atom. The number of hydrogen-bond donors (Lipinski definition) is 3. The summed E-state index contributed by atoms with van der Waals surface area (Å²) >= 11 is 0. The Balaban J connectivity index is 1.43. The van der Waals surface area contributed by atoms with Gasteiger partial charge in [0.15, 0.2) is 0 Å². The number of anilines is 2. The fourth-order valence-electron chi connectivity index (χ4n) is 3.63. The molecule has 2 aromatic carbocycles. The maximum atomic E-state index is 12.3. The second kappa shape index (κ2) is 10.6. The second-order valence-corrected chi connectivity index (χ2v) is 7.39. The molecule has 30 heavy (non-hydrogen) atoms. The molecule has 1 saturated heterocycles. The van der Waals surface area contributed by atoms with Gasteiger partial charge in [-0.2, -0.15) is 0 Å². The van der Waals surface area contributed by atoms with Gasteiger partial charge in [-0.3, -0.25) is 9.59 Å². The summed E-state index contributed by atoms with van der Waals surface area (Å²) in [6.07, 6.45) is 0.199. The average Bonchev–Trinajstić information content (AvgIpc) is 2.79. The van der Waals surface area contributed by atoms with Crippen molar-refractivity contribution < 1.29 is 19.2 Å². The number of nitrogens with zero attached hydrogens (tertiary/aromatic N) is 1. The number of methoxy groups -OCH3 is 1. The highest BCUT2D eigenvalue weighted by molar-refractivity contribution is 5.97. The van der Waals surface area contributed by atoms with Crippen molar-refractivity contribution in [2.75, 3.05) is 56.6 Å². The van der Waals surface area contributed by atoms with E-state index in [1.165, 1.54) is 19.3 Å². The van der Waals surface area contributed by atoms with Crippen LogP contribution in [0.3, 0.4) is 0 Å². The Morgan fingerprint density at radius 3 is 2.43 bits per heavy atom. The minimum absolute atomic E-state index is 0.136. The Bertz CT molecular complexity index is 846. The summed E-state index contributed by atoms with van der Waals surface area (Å²) in [5.41, 5.74) is 2.40. The van der Waals surface area contributed by atoms with E-state index in [2.05, 4.69) is 34.6 Å². The van der Waals surface area contributed by atoms with Crippen LogP contribution in [-0.4, -0.2) is 58.2 Å². The molecule has 2 aromatic rings. The summed E-state index contributed by atoms with van der Waals surface area (Å²) in [4.78, 5) is 28.5. The standard InChI is InChI=1S/C23H30N4O3/c1-3-26-14-16-27(17-15-26)19-10-8-18(9-11-19)25-22(28)12-13-24-23(29)20-6-4-5-7-21(20)30-2/h4-11H,3,12-17H2,1-2H3,(H,24,29)(H,25,28)/p+1. The molecule has 7 heteroatoms. The predicted octanol–water partition coefficient (Wildman–Crippen LogP) is 1.18. The summed E-state index contributed by atoms with van der Waals surface area (Å²) in [6.45, 7) is 8.10. The van der Waals surface area contributed by atoms with Gasteiger partial charge >= 0.3 is 0 Å². The maximum absolute atomic E-state index is 12.3. The molecule has 2 amide bonds. The quantitative estimate of drug-likeness (QED) is 0.610.